The molecule has 0 spiro atoms. The number of aromatic nitrogens is 3. The van der Waals surface area contributed by atoms with E-state index in [2.05, 4.69) is 132 Å². The van der Waals surface area contributed by atoms with Crippen LogP contribution in [0.1, 0.15) is 22.8 Å². The third kappa shape index (κ3) is 4.43. The maximum absolute atomic E-state index is 6.65. The lowest BCUT2D eigenvalue weighted by molar-refractivity contribution is 0.584. The van der Waals surface area contributed by atoms with Crippen molar-refractivity contribution >= 4 is 59.9 Å². The summed E-state index contributed by atoms with van der Waals surface area (Å²) >= 11 is 1.80. The van der Waals surface area contributed by atoms with E-state index >= 15 is 0 Å². The molecule has 4 heterocycles. The molecule has 240 valence electrons. The molecule has 0 amide bonds. The smallest absolute Gasteiger partial charge is 0.164 e. The fourth-order valence-electron chi connectivity index (χ4n) is 8.01. The molecule has 11 rings (SSSR count). The van der Waals surface area contributed by atoms with Crippen LogP contribution in [0.2, 0.25) is 0 Å². The number of furan rings is 1. The molecule has 6 heteroatoms. The molecule has 2 aliphatic rings. The van der Waals surface area contributed by atoms with Gasteiger partial charge in [-0.25, -0.2) is 15.0 Å². The first-order valence-electron chi connectivity index (χ1n) is 17.2. The SMILES string of the molecule is C1=CC2C(c3ccccc3N2c2ccccc2)c2c1oc1cc(-c3nc(-c4ccccc4)nc(-c4ccc5c(c4)sc4ccccc45)n3)ccc21. The van der Waals surface area contributed by atoms with E-state index in [1.165, 1.54) is 42.7 Å². The summed E-state index contributed by atoms with van der Waals surface area (Å²) in [5.41, 5.74) is 8.59. The summed E-state index contributed by atoms with van der Waals surface area (Å²) in [6.07, 6.45) is 4.44. The summed E-state index contributed by atoms with van der Waals surface area (Å²) in [5.74, 6) is 2.95. The van der Waals surface area contributed by atoms with Gasteiger partial charge in [0.1, 0.15) is 11.3 Å². The van der Waals surface area contributed by atoms with Gasteiger partial charge in [0.25, 0.3) is 0 Å². The fraction of sp³-hybridized carbons (Fsp3) is 0.0444. The van der Waals surface area contributed by atoms with Crippen LogP contribution in [0.4, 0.5) is 11.4 Å². The van der Waals surface area contributed by atoms with Gasteiger partial charge in [-0.05, 0) is 48.0 Å². The minimum Gasteiger partial charge on any atom is -0.456 e. The van der Waals surface area contributed by atoms with E-state index in [1.807, 2.05) is 30.3 Å². The summed E-state index contributed by atoms with van der Waals surface area (Å²) in [6, 6.07) is 51.2. The first kappa shape index (κ1) is 28.5. The number of benzene rings is 6. The summed E-state index contributed by atoms with van der Waals surface area (Å²) < 4.78 is 9.14. The molecule has 5 nitrogen and oxygen atoms in total. The van der Waals surface area contributed by atoms with E-state index in [9.17, 15) is 0 Å². The first-order chi connectivity index (χ1) is 25.3. The number of anilines is 2. The Morgan fingerprint density at radius 3 is 2.02 bits per heavy atom. The average molecular weight is 673 g/mol. The van der Waals surface area contributed by atoms with Crippen LogP contribution in [0.3, 0.4) is 0 Å². The molecule has 3 aromatic heterocycles. The average Bonchev–Trinajstić information content (AvgIpc) is 3.87. The Balaban J connectivity index is 1.04. The van der Waals surface area contributed by atoms with Crippen molar-refractivity contribution in [3.63, 3.8) is 0 Å². The molecule has 1 aliphatic heterocycles. The third-order valence-electron chi connectivity index (χ3n) is 10.3. The molecule has 0 saturated carbocycles. The monoisotopic (exact) mass is 672 g/mol. The van der Waals surface area contributed by atoms with Crippen molar-refractivity contribution in [3.8, 4) is 34.2 Å². The maximum Gasteiger partial charge on any atom is 0.164 e. The number of fused-ring (bicyclic) bond motifs is 10. The lowest BCUT2D eigenvalue weighted by Gasteiger charge is -2.30. The van der Waals surface area contributed by atoms with Crippen LogP contribution in [0.15, 0.2) is 156 Å². The van der Waals surface area contributed by atoms with E-state index in [4.69, 9.17) is 19.4 Å². The lowest BCUT2D eigenvalue weighted by atomic mass is 9.82. The van der Waals surface area contributed by atoms with Gasteiger partial charge in [0.2, 0.25) is 0 Å². The highest BCUT2D eigenvalue weighted by atomic mass is 32.1. The van der Waals surface area contributed by atoms with Gasteiger partial charge in [0.15, 0.2) is 17.5 Å². The van der Waals surface area contributed by atoms with E-state index < -0.39 is 0 Å². The van der Waals surface area contributed by atoms with Crippen molar-refractivity contribution in [2.75, 3.05) is 4.90 Å². The third-order valence-corrected chi connectivity index (χ3v) is 11.4. The molecule has 1 aliphatic carbocycles. The molecule has 9 aromatic rings. The summed E-state index contributed by atoms with van der Waals surface area (Å²) in [4.78, 5) is 17.6. The van der Waals surface area contributed by atoms with Gasteiger partial charge in [-0.2, -0.15) is 0 Å². The molecule has 0 bridgehead atoms. The number of nitrogens with zero attached hydrogens (tertiary/aromatic N) is 4. The van der Waals surface area contributed by atoms with Crippen molar-refractivity contribution in [2.45, 2.75) is 12.0 Å². The topological polar surface area (TPSA) is 55.1 Å². The lowest BCUT2D eigenvalue weighted by Crippen LogP contribution is -2.30. The zero-order valence-corrected chi connectivity index (χ0v) is 28.1. The summed E-state index contributed by atoms with van der Waals surface area (Å²) in [7, 11) is 0. The van der Waals surface area contributed by atoms with Crippen molar-refractivity contribution in [3.05, 3.63) is 169 Å². The largest absolute Gasteiger partial charge is 0.456 e. The molecule has 0 N–H and O–H groups in total. The van der Waals surface area contributed by atoms with E-state index in [-0.39, 0.29) is 12.0 Å². The second-order valence-corrected chi connectivity index (χ2v) is 14.2. The predicted molar refractivity (Wildman–Crippen MR) is 208 cm³/mol. The zero-order valence-electron chi connectivity index (χ0n) is 27.3. The highest BCUT2D eigenvalue weighted by molar-refractivity contribution is 7.25. The number of hydrogen-bond acceptors (Lipinski definition) is 6. The Kier molecular flexibility index (Phi) is 6.18. The second-order valence-electron chi connectivity index (χ2n) is 13.2. The molecule has 0 fully saturated rings. The molecule has 6 aromatic carbocycles. The van der Waals surface area contributed by atoms with Crippen LogP contribution >= 0.6 is 11.3 Å². The quantitative estimate of drug-likeness (QED) is 0.186. The zero-order chi connectivity index (χ0) is 33.5. The highest BCUT2D eigenvalue weighted by Gasteiger charge is 2.43. The number of thiophene rings is 1. The van der Waals surface area contributed by atoms with Crippen LogP contribution < -0.4 is 4.90 Å². The maximum atomic E-state index is 6.65. The van der Waals surface area contributed by atoms with Crippen LogP contribution in [-0.4, -0.2) is 21.0 Å². The minimum atomic E-state index is 0.144. The highest BCUT2D eigenvalue weighted by Crippen LogP contribution is 2.53. The molecule has 0 radical (unpaired) electrons. The Morgan fingerprint density at radius 2 is 1.20 bits per heavy atom. The van der Waals surface area contributed by atoms with E-state index in [0.717, 1.165) is 33.4 Å². The Bertz CT molecular complexity index is 2840. The Labute approximate surface area is 297 Å². The molecular formula is C45H28N4OS. The van der Waals surface area contributed by atoms with Crippen LogP contribution in [-0.2, 0) is 0 Å². The van der Waals surface area contributed by atoms with Gasteiger partial charge < -0.3 is 9.32 Å². The van der Waals surface area contributed by atoms with Crippen molar-refractivity contribution in [1.82, 2.24) is 15.0 Å². The van der Waals surface area contributed by atoms with Gasteiger partial charge >= 0.3 is 0 Å². The van der Waals surface area contributed by atoms with Crippen molar-refractivity contribution in [2.24, 2.45) is 0 Å². The van der Waals surface area contributed by atoms with Crippen molar-refractivity contribution < 1.29 is 4.42 Å². The van der Waals surface area contributed by atoms with E-state index in [1.54, 1.807) is 11.3 Å². The Hall–Kier alpha value is -6.37. The van der Waals surface area contributed by atoms with Crippen LogP contribution in [0.25, 0.3) is 71.4 Å². The molecule has 2 unspecified atom stereocenters. The van der Waals surface area contributed by atoms with Crippen LogP contribution in [0, 0.1) is 0 Å². The molecular weight excluding hydrogens is 645 g/mol. The van der Waals surface area contributed by atoms with Crippen molar-refractivity contribution in [1.29, 1.82) is 0 Å². The normalized spacial score (nSPS) is 16.1. The summed E-state index contributed by atoms with van der Waals surface area (Å²) in [6.45, 7) is 0. The van der Waals surface area contributed by atoms with Crippen LogP contribution in [0.5, 0.6) is 0 Å². The Morgan fingerprint density at radius 1 is 0.549 bits per heavy atom. The van der Waals surface area contributed by atoms with Gasteiger partial charge in [-0.3, -0.25) is 0 Å². The predicted octanol–water partition coefficient (Wildman–Crippen LogP) is 11.7. The van der Waals surface area contributed by atoms with Gasteiger partial charge in [-0.15, -0.1) is 11.3 Å². The molecule has 2 atom stereocenters. The van der Waals surface area contributed by atoms with Gasteiger partial charge in [0.05, 0.1) is 6.04 Å². The number of para-hydroxylation sites is 2. The second kappa shape index (κ2) is 11.1. The fourth-order valence-corrected chi connectivity index (χ4v) is 9.15. The standard InChI is InChI=1S/C45H28N4OS/c1-3-11-27(12-4-1)43-46-44(48-45(47-43)29-19-21-32-31-15-8-10-18-39(31)51-40(32)26-29)28-20-22-34-38(25-28)50-37-24-23-36-41(42(34)37)33-16-7-9-17-35(33)49(36)30-13-5-2-6-14-30/h1-26,36,41H. The van der Waals surface area contributed by atoms with Gasteiger partial charge in [-0.1, -0.05) is 115 Å². The van der Waals surface area contributed by atoms with E-state index in [0.29, 0.717) is 17.5 Å². The van der Waals surface area contributed by atoms with Gasteiger partial charge in [0, 0.05) is 65.1 Å². The number of rotatable bonds is 4. The minimum absolute atomic E-state index is 0.144. The summed E-state index contributed by atoms with van der Waals surface area (Å²) in [5, 5.41) is 3.64. The number of hydrogen-bond donors (Lipinski definition) is 0. The molecule has 0 saturated heterocycles. The first-order valence-corrected chi connectivity index (χ1v) is 18.0. The molecule has 51 heavy (non-hydrogen) atoms.